The number of thiazole rings is 1. The van der Waals surface area contributed by atoms with Gasteiger partial charge in [-0.3, -0.25) is 4.40 Å². The second-order valence-electron chi connectivity index (χ2n) is 5.22. The summed E-state index contributed by atoms with van der Waals surface area (Å²) in [6, 6.07) is 9.46. The predicted molar refractivity (Wildman–Crippen MR) is 109 cm³/mol. The van der Waals surface area contributed by atoms with Gasteiger partial charge in [0.1, 0.15) is 5.69 Å². The van der Waals surface area contributed by atoms with Gasteiger partial charge in [-0.2, -0.15) is 0 Å². The van der Waals surface area contributed by atoms with Gasteiger partial charge in [-0.05, 0) is 36.8 Å². The smallest absolute Gasteiger partial charge is 0.234 e. The third-order valence-corrected chi connectivity index (χ3v) is 4.66. The summed E-state index contributed by atoms with van der Waals surface area (Å²) >= 11 is 7.48. The Morgan fingerprint density at radius 2 is 2.00 bits per heavy atom. The molecule has 0 amide bonds. The molecule has 5 nitrogen and oxygen atoms in total. The molecule has 1 aromatic carbocycles. The number of aryl methyl sites for hydroxylation is 1. The van der Waals surface area contributed by atoms with E-state index < -0.39 is 0 Å². The lowest BCUT2D eigenvalue weighted by Crippen LogP contribution is -1.93. The minimum atomic E-state index is 0. The molecular weight excluding hydrogens is 422 g/mol. The van der Waals surface area contributed by atoms with Crippen LogP contribution in [0.25, 0.3) is 17.2 Å². The van der Waals surface area contributed by atoms with Crippen molar-refractivity contribution in [3.63, 3.8) is 0 Å². The minimum absolute atomic E-state index is 0. The highest BCUT2D eigenvalue weighted by atomic mass is 79.9. The fourth-order valence-corrected chi connectivity index (χ4v) is 3.39. The van der Waals surface area contributed by atoms with Crippen LogP contribution >= 0.6 is 39.9 Å². The standard InChI is InChI=1S/C17H14ClN5S.BrH/c1-2-13-15(23-9-3-8-19-16(23)21-13)14-10-24-17(22-14)20-12-6-4-11(18)5-7-12;/h3-10H,2H2,1H3,(H,20,22);1H. The first-order valence-corrected chi connectivity index (χ1v) is 8.81. The molecule has 0 atom stereocenters. The summed E-state index contributed by atoms with van der Waals surface area (Å²) in [4.78, 5) is 13.6. The molecule has 4 aromatic rings. The van der Waals surface area contributed by atoms with Gasteiger partial charge in [0, 0.05) is 28.5 Å². The van der Waals surface area contributed by atoms with Gasteiger partial charge in [-0.15, -0.1) is 28.3 Å². The molecule has 3 heterocycles. The Kier molecular flexibility index (Phi) is 5.36. The van der Waals surface area contributed by atoms with E-state index in [0.717, 1.165) is 34.3 Å². The number of imidazole rings is 1. The monoisotopic (exact) mass is 435 g/mol. The van der Waals surface area contributed by atoms with E-state index in [2.05, 4.69) is 22.2 Å². The Morgan fingerprint density at radius 1 is 1.20 bits per heavy atom. The van der Waals surface area contributed by atoms with Gasteiger partial charge in [-0.25, -0.2) is 15.0 Å². The normalized spacial score (nSPS) is 10.6. The van der Waals surface area contributed by atoms with E-state index in [4.69, 9.17) is 16.6 Å². The van der Waals surface area contributed by atoms with Crippen LogP contribution < -0.4 is 5.32 Å². The fourth-order valence-electron chi connectivity index (χ4n) is 2.55. The average molecular weight is 437 g/mol. The molecule has 1 N–H and O–H groups in total. The van der Waals surface area contributed by atoms with E-state index in [1.54, 1.807) is 17.5 Å². The highest BCUT2D eigenvalue weighted by Crippen LogP contribution is 2.30. The van der Waals surface area contributed by atoms with Gasteiger partial charge in [0.15, 0.2) is 5.13 Å². The lowest BCUT2D eigenvalue weighted by atomic mass is 10.2. The molecular formula is C17H15BrClN5S. The molecule has 0 saturated heterocycles. The first kappa shape index (κ1) is 17.8. The molecule has 0 fully saturated rings. The van der Waals surface area contributed by atoms with Gasteiger partial charge in [0.05, 0.1) is 11.4 Å². The zero-order valence-electron chi connectivity index (χ0n) is 13.3. The quantitative estimate of drug-likeness (QED) is 0.466. The molecule has 0 radical (unpaired) electrons. The molecule has 0 aliphatic heterocycles. The fraction of sp³-hybridized carbons (Fsp3) is 0.118. The molecule has 0 bridgehead atoms. The van der Waals surface area contributed by atoms with E-state index in [1.165, 1.54) is 0 Å². The maximum Gasteiger partial charge on any atom is 0.234 e. The summed E-state index contributed by atoms with van der Waals surface area (Å²) in [5.41, 5.74) is 3.85. The van der Waals surface area contributed by atoms with E-state index in [0.29, 0.717) is 10.8 Å². The van der Waals surface area contributed by atoms with Gasteiger partial charge in [0.25, 0.3) is 0 Å². The highest BCUT2D eigenvalue weighted by molar-refractivity contribution is 8.93. The Morgan fingerprint density at radius 3 is 2.76 bits per heavy atom. The highest BCUT2D eigenvalue weighted by Gasteiger charge is 2.16. The van der Waals surface area contributed by atoms with Crippen molar-refractivity contribution in [3.05, 3.63) is 58.8 Å². The van der Waals surface area contributed by atoms with E-state index in [1.807, 2.05) is 46.3 Å². The topological polar surface area (TPSA) is 55.1 Å². The van der Waals surface area contributed by atoms with E-state index >= 15 is 0 Å². The van der Waals surface area contributed by atoms with Crippen LogP contribution in [0.2, 0.25) is 5.02 Å². The molecule has 0 unspecified atom stereocenters. The Bertz CT molecular complexity index is 996. The van der Waals surface area contributed by atoms with Crippen molar-refractivity contribution in [1.29, 1.82) is 0 Å². The lowest BCUT2D eigenvalue weighted by Gasteiger charge is -2.02. The minimum Gasteiger partial charge on any atom is -0.332 e. The van der Waals surface area contributed by atoms with E-state index in [-0.39, 0.29) is 17.0 Å². The largest absolute Gasteiger partial charge is 0.332 e. The Labute approximate surface area is 164 Å². The van der Waals surface area contributed by atoms with Gasteiger partial charge in [-0.1, -0.05) is 18.5 Å². The molecule has 0 saturated carbocycles. The van der Waals surface area contributed by atoms with Crippen molar-refractivity contribution in [2.24, 2.45) is 0 Å². The first-order chi connectivity index (χ1) is 11.7. The summed E-state index contributed by atoms with van der Waals surface area (Å²) in [6.07, 6.45) is 4.55. The number of halogens is 2. The van der Waals surface area contributed by atoms with Crippen LogP contribution in [-0.4, -0.2) is 19.4 Å². The zero-order chi connectivity index (χ0) is 16.5. The number of fused-ring (bicyclic) bond motifs is 1. The van der Waals surface area contributed by atoms with Gasteiger partial charge < -0.3 is 5.32 Å². The van der Waals surface area contributed by atoms with Crippen LogP contribution in [0, 0.1) is 0 Å². The van der Waals surface area contributed by atoms with Crippen LogP contribution in [0.3, 0.4) is 0 Å². The number of hydrogen-bond acceptors (Lipinski definition) is 5. The molecule has 25 heavy (non-hydrogen) atoms. The van der Waals surface area contributed by atoms with Gasteiger partial charge in [0.2, 0.25) is 5.78 Å². The zero-order valence-corrected chi connectivity index (χ0v) is 16.6. The van der Waals surface area contributed by atoms with Crippen molar-refractivity contribution in [1.82, 2.24) is 19.4 Å². The number of nitrogens with zero attached hydrogens (tertiary/aromatic N) is 4. The number of benzene rings is 1. The number of nitrogens with one attached hydrogen (secondary N) is 1. The summed E-state index contributed by atoms with van der Waals surface area (Å²) in [5.74, 6) is 0.699. The summed E-state index contributed by atoms with van der Waals surface area (Å²) in [7, 11) is 0. The molecule has 128 valence electrons. The predicted octanol–water partition coefficient (Wildman–Crippen LogP) is 5.39. The van der Waals surface area contributed by atoms with Crippen LogP contribution in [0.5, 0.6) is 0 Å². The van der Waals surface area contributed by atoms with E-state index in [9.17, 15) is 0 Å². The van der Waals surface area contributed by atoms with Crippen LogP contribution in [0.1, 0.15) is 12.6 Å². The number of rotatable bonds is 4. The first-order valence-electron chi connectivity index (χ1n) is 7.55. The van der Waals surface area contributed by atoms with Gasteiger partial charge >= 0.3 is 0 Å². The number of anilines is 2. The van der Waals surface area contributed by atoms with Crippen LogP contribution in [0.15, 0.2) is 48.1 Å². The lowest BCUT2D eigenvalue weighted by molar-refractivity contribution is 1.07. The van der Waals surface area contributed by atoms with Crippen molar-refractivity contribution in [2.75, 3.05) is 5.32 Å². The Balaban J connectivity index is 0.00000182. The third-order valence-electron chi connectivity index (χ3n) is 3.65. The molecule has 0 aliphatic rings. The van der Waals surface area contributed by atoms with Crippen LogP contribution in [-0.2, 0) is 6.42 Å². The SMILES string of the molecule is Br.CCc1nc2ncccn2c1-c1csc(Nc2ccc(Cl)cc2)n1. The molecule has 8 heteroatoms. The van der Waals surface area contributed by atoms with Crippen molar-refractivity contribution < 1.29 is 0 Å². The summed E-state index contributed by atoms with van der Waals surface area (Å²) < 4.78 is 1.99. The third kappa shape index (κ3) is 3.53. The number of aromatic nitrogens is 4. The van der Waals surface area contributed by atoms with Crippen molar-refractivity contribution in [2.45, 2.75) is 13.3 Å². The number of hydrogen-bond donors (Lipinski definition) is 1. The summed E-state index contributed by atoms with van der Waals surface area (Å²) in [5, 5.41) is 6.88. The molecule has 3 aromatic heterocycles. The Hall–Kier alpha value is -1.96. The molecule has 0 spiro atoms. The van der Waals surface area contributed by atoms with Crippen molar-refractivity contribution >= 4 is 56.5 Å². The second kappa shape index (κ2) is 7.51. The molecule has 0 aliphatic carbocycles. The summed E-state index contributed by atoms with van der Waals surface area (Å²) in [6.45, 7) is 2.09. The molecule has 4 rings (SSSR count). The average Bonchev–Trinajstić information content (AvgIpc) is 3.20. The maximum atomic E-state index is 5.92. The van der Waals surface area contributed by atoms with Crippen molar-refractivity contribution in [3.8, 4) is 11.4 Å². The maximum absolute atomic E-state index is 5.92. The second-order valence-corrected chi connectivity index (χ2v) is 6.51. The van der Waals surface area contributed by atoms with Crippen LogP contribution in [0.4, 0.5) is 10.8 Å².